The SMILES string of the molecule is Cc1ccc2c(c1)CC(c1c(C)cc(O)cc1O)N2. The van der Waals surface area contributed by atoms with Crippen LogP contribution in [0.15, 0.2) is 30.3 Å². The van der Waals surface area contributed by atoms with Gasteiger partial charge in [-0.05, 0) is 43.5 Å². The van der Waals surface area contributed by atoms with Crippen molar-refractivity contribution >= 4 is 5.69 Å². The molecule has 1 atom stereocenters. The molecule has 3 N–H and O–H groups in total. The van der Waals surface area contributed by atoms with Gasteiger partial charge in [-0.1, -0.05) is 17.7 Å². The van der Waals surface area contributed by atoms with Crippen molar-refractivity contribution in [1.29, 1.82) is 0 Å². The second kappa shape index (κ2) is 4.19. The van der Waals surface area contributed by atoms with Gasteiger partial charge in [-0.2, -0.15) is 0 Å². The monoisotopic (exact) mass is 255 g/mol. The fraction of sp³-hybridized carbons (Fsp3) is 0.250. The minimum atomic E-state index is 0.0670. The molecule has 2 aromatic carbocycles. The Kier molecular flexibility index (Phi) is 2.63. The number of phenols is 2. The maximum atomic E-state index is 10.1. The predicted octanol–water partition coefficient (Wildman–Crippen LogP) is 3.42. The van der Waals surface area contributed by atoms with Gasteiger partial charge in [0, 0.05) is 17.3 Å². The number of rotatable bonds is 1. The van der Waals surface area contributed by atoms with Crippen molar-refractivity contribution in [3.63, 3.8) is 0 Å². The topological polar surface area (TPSA) is 52.5 Å². The van der Waals surface area contributed by atoms with Crippen molar-refractivity contribution in [3.8, 4) is 11.5 Å². The van der Waals surface area contributed by atoms with Crippen LogP contribution in [-0.2, 0) is 6.42 Å². The van der Waals surface area contributed by atoms with Crippen LogP contribution in [0.1, 0.15) is 28.3 Å². The van der Waals surface area contributed by atoms with Crippen LogP contribution in [0.25, 0.3) is 0 Å². The van der Waals surface area contributed by atoms with Gasteiger partial charge >= 0.3 is 0 Å². The van der Waals surface area contributed by atoms with Crippen molar-refractivity contribution in [2.45, 2.75) is 26.3 Å². The molecule has 3 heteroatoms. The second-order valence-corrected chi connectivity index (χ2v) is 5.26. The van der Waals surface area contributed by atoms with Crippen LogP contribution in [0.3, 0.4) is 0 Å². The molecular weight excluding hydrogens is 238 g/mol. The molecule has 1 heterocycles. The Bertz CT molecular complexity index is 626. The average molecular weight is 255 g/mol. The van der Waals surface area contributed by atoms with E-state index >= 15 is 0 Å². The summed E-state index contributed by atoms with van der Waals surface area (Å²) in [6, 6.07) is 9.49. The average Bonchev–Trinajstić information content (AvgIpc) is 2.69. The highest BCUT2D eigenvalue weighted by Gasteiger charge is 2.25. The van der Waals surface area contributed by atoms with Gasteiger partial charge in [0.25, 0.3) is 0 Å². The van der Waals surface area contributed by atoms with Crippen LogP contribution < -0.4 is 5.32 Å². The van der Waals surface area contributed by atoms with Crippen LogP contribution in [-0.4, -0.2) is 10.2 Å². The summed E-state index contributed by atoms with van der Waals surface area (Å²) in [5.41, 5.74) is 5.42. The van der Waals surface area contributed by atoms with Gasteiger partial charge < -0.3 is 15.5 Å². The zero-order valence-electron chi connectivity index (χ0n) is 11.1. The summed E-state index contributed by atoms with van der Waals surface area (Å²) in [5, 5.41) is 23.0. The van der Waals surface area contributed by atoms with Gasteiger partial charge in [0.05, 0.1) is 6.04 Å². The number of phenolic OH excluding ortho intramolecular Hbond substituents is 2. The van der Waals surface area contributed by atoms with Crippen molar-refractivity contribution < 1.29 is 10.2 Å². The molecule has 0 aromatic heterocycles. The molecule has 1 aliphatic rings. The summed E-state index contributed by atoms with van der Waals surface area (Å²) in [6.45, 7) is 3.99. The van der Waals surface area contributed by atoms with Crippen LogP contribution in [0.5, 0.6) is 11.5 Å². The van der Waals surface area contributed by atoms with Gasteiger partial charge in [0.15, 0.2) is 0 Å². The maximum absolute atomic E-state index is 10.1. The lowest BCUT2D eigenvalue weighted by molar-refractivity contribution is 0.442. The maximum Gasteiger partial charge on any atom is 0.124 e. The number of aromatic hydroxyl groups is 2. The molecule has 1 unspecified atom stereocenters. The first kappa shape index (κ1) is 11.9. The Balaban J connectivity index is 1.99. The number of fused-ring (bicyclic) bond motifs is 1. The smallest absolute Gasteiger partial charge is 0.124 e. The molecule has 0 aliphatic carbocycles. The largest absolute Gasteiger partial charge is 0.508 e. The molecule has 0 bridgehead atoms. The molecule has 2 aromatic rings. The molecule has 19 heavy (non-hydrogen) atoms. The highest BCUT2D eigenvalue weighted by atomic mass is 16.3. The lowest BCUT2D eigenvalue weighted by Gasteiger charge is -2.16. The Morgan fingerprint density at radius 2 is 1.89 bits per heavy atom. The summed E-state index contributed by atoms with van der Waals surface area (Å²) < 4.78 is 0. The van der Waals surface area contributed by atoms with E-state index in [1.807, 2.05) is 6.92 Å². The van der Waals surface area contributed by atoms with Crippen LogP contribution in [0.2, 0.25) is 0 Å². The number of hydrogen-bond acceptors (Lipinski definition) is 3. The van der Waals surface area contributed by atoms with Gasteiger partial charge in [-0.3, -0.25) is 0 Å². The highest BCUT2D eigenvalue weighted by Crippen LogP contribution is 2.40. The van der Waals surface area contributed by atoms with Gasteiger partial charge in [-0.25, -0.2) is 0 Å². The Hall–Kier alpha value is -2.16. The molecule has 0 amide bonds. The van der Waals surface area contributed by atoms with Crippen molar-refractivity contribution in [2.75, 3.05) is 5.32 Å². The normalized spacial score (nSPS) is 17.1. The summed E-state index contributed by atoms with van der Waals surface area (Å²) in [7, 11) is 0. The van der Waals surface area contributed by atoms with Gasteiger partial charge in [-0.15, -0.1) is 0 Å². The minimum Gasteiger partial charge on any atom is -0.508 e. The summed E-state index contributed by atoms with van der Waals surface area (Å²) in [4.78, 5) is 0. The Morgan fingerprint density at radius 3 is 2.63 bits per heavy atom. The summed E-state index contributed by atoms with van der Waals surface area (Å²) >= 11 is 0. The van der Waals surface area contributed by atoms with Crippen LogP contribution in [0.4, 0.5) is 5.69 Å². The fourth-order valence-electron chi connectivity index (χ4n) is 2.88. The highest BCUT2D eigenvalue weighted by molar-refractivity contribution is 5.61. The summed E-state index contributed by atoms with van der Waals surface area (Å²) in [6.07, 6.45) is 0.857. The number of nitrogens with one attached hydrogen (secondary N) is 1. The molecule has 3 rings (SSSR count). The predicted molar refractivity (Wildman–Crippen MR) is 75.8 cm³/mol. The van der Waals surface area contributed by atoms with E-state index in [2.05, 4.69) is 30.4 Å². The van der Waals surface area contributed by atoms with Crippen molar-refractivity contribution in [1.82, 2.24) is 0 Å². The lowest BCUT2D eigenvalue weighted by Crippen LogP contribution is -2.07. The molecule has 0 radical (unpaired) electrons. The van der Waals surface area contributed by atoms with Crippen LogP contribution >= 0.6 is 0 Å². The van der Waals surface area contributed by atoms with Gasteiger partial charge in [0.1, 0.15) is 11.5 Å². The molecule has 0 spiro atoms. The van der Waals surface area contributed by atoms with Crippen molar-refractivity contribution in [2.24, 2.45) is 0 Å². The van der Waals surface area contributed by atoms with E-state index < -0.39 is 0 Å². The third-order valence-corrected chi connectivity index (χ3v) is 3.71. The van der Waals surface area contributed by atoms with E-state index in [4.69, 9.17) is 0 Å². The Labute approximate surface area is 112 Å². The first-order chi connectivity index (χ1) is 9.04. The molecular formula is C16H17NO2. The first-order valence-corrected chi connectivity index (χ1v) is 6.43. The van der Waals surface area contributed by atoms with E-state index in [-0.39, 0.29) is 17.5 Å². The van der Waals surface area contributed by atoms with E-state index in [0.29, 0.717) is 0 Å². The quantitative estimate of drug-likeness (QED) is 0.731. The molecule has 0 saturated heterocycles. The summed E-state index contributed by atoms with van der Waals surface area (Å²) in [5.74, 6) is 0.254. The molecule has 3 nitrogen and oxygen atoms in total. The number of hydrogen-bond donors (Lipinski definition) is 3. The minimum absolute atomic E-state index is 0.0670. The number of benzene rings is 2. The number of aryl methyl sites for hydroxylation is 2. The molecule has 1 aliphatic heterocycles. The van der Waals surface area contributed by atoms with E-state index in [1.54, 1.807) is 6.07 Å². The Morgan fingerprint density at radius 1 is 1.11 bits per heavy atom. The fourth-order valence-corrected chi connectivity index (χ4v) is 2.88. The molecule has 0 saturated carbocycles. The van der Waals surface area contributed by atoms with Crippen molar-refractivity contribution in [3.05, 3.63) is 52.6 Å². The third kappa shape index (κ3) is 2.01. The lowest BCUT2D eigenvalue weighted by atomic mass is 9.97. The van der Waals surface area contributed by atoms with E-state index in [1.165, 1.54) is 17.2 Å². The molecule has 98 valence electrons. The second-order valence-electron chi connectivity index (χ2n) is 5.26. The standard InChI is InChI=1S/C16H17NO2/c1-9-3-4-13-11(5-9)7-14(17-13)16-10(2)6-12(18)8-15(16)19/h3-6,8,14,17-19H,7H2,1-2H3. The van der Waals surface area contributed by atoms with E-state index in [0.717, 1.165) is 23.2 Å². The zero-order valence-corrected chi connectivity index (χ0v) is 11.1. The third-order valence-electron chi connectivity index (χ3n) is 3.71. The van der Waals surface area contributed by atoms with Crippen LogP contribution in [0, 0.1) is 13.8 Å². The zero-order chi connectivity index (χ0) is 13.6. The number of anilines is 1. The van der Waals surface area contributed by atoms with Gasteiger partial charge in [0.2, 0.25) is 0 Å². The first-order valence-electron chi connectivity index (χ1n) is 6.43. The van der Waals surface area contributed by atoms with E-state index in [9.17, 15) is 10.2 Å². The molecule has 0 fully saturated rings.